The standard InChI is InChI=1S/C15H23N3O3S.ClH/c1-22(20,21)18-11-5-8-16-9-10-17-15(19)12-14(18)13-6-3-2-4-7-13;/h2-4,6-7,14,16H,5,8-12H2,1H3,(H,17,19);1H. The van der Waals surface area contributed by atoms with Gasteiger partial charge in [-0.05, 0) is 18.5 Å². The number of hydrogen-bond acceptors (Lipinski definition) is 4. The van der Waals surface area contributed by atoms with Gasteiger partial charge in [-0.2, -0.15) is 4.31 Å². The molecule has 8 heteroatoms. The Bertz CT molecular complexity index is 595. The SMILES string of the molecule is CS(=O)(=O)N1CCCNCCNC(=O)CC1c1ccccc1.Cl. The molecule has 2 rings (SSSR count). The number of sulfonamides is 1. The van der Waals surface area contributed by atoms with Crippen LogP contribution in [0.15, 0.2) is 30.3 Å². The van der Waals surface area contributed by atoms with E-state index in [9.17, 15) is 13.2 Å². The summed E-state index contributed by atoms with van der Waals surface area (Å²) in [6.45, 7) is 2.38. The van der Waals surface area contributed by atoms with Gasteiger partial charge in [0.05, 0.1) is 12.3 Å². The van der Waals surface area contributed by atoms with Gasteiger partial charge in [0.15, 0.2) is 0 Å². The van der Waals surface area contributed by atoms with Gasteiger partial charge in [-0.1, -0.05) is 30.3 Å². The van der Waals surface area contributed by atoms with Crippen molar-refractivity contribution >= 4 is 28.3 Å². The Morgan fingerprint density at radius 2 is 1.83 bits per heavy atom. The zero-order chi connectivity index (χ0) is 16.0. The van der Waals surface area contributed by atoms with Crippen molar-refractivity contribution in [3.8, 4) is 0 Å². The molecule has 0 bridgehead atoms. The molecule has 23 heavy (non-hydrogen) atoms. The zero-order valence-corrected chi connectivity index (χ0v) is 14.8. The lowest BCUT2D eigenvalue weighted by Crippen LogP contribution is -2.38. The van der Waals surface area contributed by atoms with E-state index in [4.69, 9.17) is 0 Å². The summed E-state index contributed by atoms with van der Waals surface area (Å²) < 4.78 is 25.8. The van der Waals surface area contributed by atoms with Crippen molar-refractivity contribution in [1.82, 2.24) is 14.9 Å². The summed E-state index contributed by atoms with van der Waals surface area (Å²) in [5.74, 6) is -0.133. The average molecular weight is 362 g/mol. The molecule has 1 aromatic rings. The lowest BCUT2D eigenvalue weighted by Gasteiger charge is -2.29. The number of nitrogens with one attached hydrogen (secondary N) is 2. The van der Waals surface area contributed by atoms with E-state index in [2.05, 4.69) is 10.6 Å². The van der Waals surface area contributed by atoms with Crippen molar-refractivity contribution in [3.05, 3.63) is 35.9 Å². The van der Waals surface area contributed by atoms with E-state index in [0.29, 0.717) is 26.1 Å². The van der Waals surface area contributed by atoms with Gasteiger partial charge in [0.1, 0.15) is 0 Å². The van der Waals surface area contributed by atoms with Gasteiger partial charge in [0, 0.05) is 26.1 Å². The second-order valence-corrected chi connectivity index (χ2v) is 7.39. The first kappa shape index (κ1) is 19.9. The normalized spacial score (nSPS) is 21.6. The molecule has 1 saturated heterocycles. The van der Waals surface area contributed by atoms with Crippen LogP contribution in [-0.2, 0) is 14.8 Å². The molecule has 1 atom stereocenters. The van der Waals surface area contributed by atoms with E-state index < -0.39 is 16.1 Å². The summed E-state index contributed by atoms with van der Waals surface area (Å²) >= 11 is 0. The predicted octanol–water partition coefficient (Wildman–Crippen LogP) is 0.911. The second-order valence-electron chi connectivity index (χ2n) is 5.46. The number of nitrogens with zero attached hydrogens (tertiary/aromatic N) is 1. The van der Waals surface area contributed by atoms with Gasteiger partial charge in [0.25, 0.3) is 0 Å². The Balaban J connectivity index is 0.00000264. The third-order valence-corrected chi connectivity index (χ3v) is 4.98. The van der Waals surface area contributed by atoms with E-state index in [-0.39, 0.29) is 24.7 Å². The van der Waals surface area contributed by atoms with Crippen LogP contribution in [0.4, 0.5) is 0 Å². The van der Waals surface area contributed by atoms with E-state index in [1.54, 1.807) is 0 Å². The highest BCUT2D eigenvalue weighted by Crippen LogP contribution is 2.27. The molecule has 1 aliphatic rings. The van der Waals surface area contributed by atoms with Crippen LogP contribution in [0.5, 0.6) is 0 Å². The monoisotopic (exact) mass is 361 g/mol. The molecule has 1 amide bonds. The summed E-state index contributed by atoms with van der Waals surface area (Å²) in [5, 5.41) is 6.02. The Labute approximate surface area is 144 Å². The Morgan fingerprint density at radius 1 is 1.13 bits per heavy atom. The molecular weight excluding hydrogens is 338 g/mol. The fraction of sp³-hybridized carbons (Fsp3) is 0.533. The molecule has 1 heterocycles. The lowest BCUT2D eigenvalue weighted by molar-refractivity contribution is -0.121. The van der Waals surface area contributed by atoms with Crippen molar-refractivity contribution in [3.63, 3.8) is 0 Å². The van der Waals surface area contributed by atoms with Gasteiger partial charge in [-0.15, -0.1) is 12.4 Å². The van der Waals surface area contributed by atoms with Crippen molar-refractivity contribution in [1.29, 1.82) is 0 Å². The van der Waals surface area contributed by atoms with Crippen LogP contribution in [0.1, 0.15) is 24.4 Å². The molecule has 0 aliphatic carbocycles. The zero-order valence-electron chi connectivity index (χ0n) is 13.2. The number of halogens is 1. The molecule has 0 radical (unpaired) electrons. The number of hydrogen-bond donors (Lipinski definition) is 2. The minimum atomic E-state index is -3.40. The van der Waals surface area contributed by atoms with E-state index >= 15 is 0 Å². The molecule has 1 unspecified atom stereocenters. The third-order valence-electron chi connectivity index (χ3n) is 3.69. The highest BCUT2D eigenvalue weighted by Gasteiger charge is 2.29. The van der Waals surface area contributed by atoms with Gasteiger partial charge in [-0.25, -0.2) is 8.42 Å². The first-order chi connectivity index (χ1) is 10.5. The lowest BCUT2D eigenvalue weighted by atomic mass is 10.0. The largest absolute Gasteiger partial charge is 0.355 e. The van der Waals surface area contributed by atoms with Gasteiger partial charge >= 0.3 is 0 Å². The van der Waals surface area contributed by atoms with E-state index in [0.717, 1.165) is 12.1 Å². The first-order valence-electron chi connectivity index (χ1n) is 7.47. The van der Waals surface area contributed by atoms with E-state index in [1.807, 2.05) is 30.3 Å². The van der Waals surface area contributed by atoms with Crippen LogP contribution in [0.3, 0.4) is 0 Å². The van der Waals surface area contributed by atoms with Crippen LogP contribution in [-0.4, -0.2) is 51.1 Å². The molecule has 1 fully saturated rings. The quantitative estimate of drug-likeness (QED) is 0.820. The Morgan fingerprint density at radius 3 is 2.48 bits per heavy atom. The fourth-order valence-electron chi connectivity index (χ4n) is 2.64. The number of benzene rings is 1. The number of carbonyl (C=O) groups is 1. The molecule has 6 nitrogen and oxygen atoms in total. The summed E-state index contributed by atoms with van der Waals surface area (Å²) in [5.41, 5.74) is 0.843. The maximum absolute atomic E-state index is 12.2. The maximum Gasteiger partial charge on any atom is 0.222 e. The highest BCUT2D eigenvalue weighted by atomic mass is 35.5. The van der Waals surface area contributed by atoms with Crippen molar-refractivity contribution in [2.45, 2.75) is 18.9 Å². The molecule has 130 valence electrons. The second kappa shape index (κ2) is 9.22. The highest BCUT2D eigenvalue weighted by molar-refractivity contribution is 7.88. The van der Waals surface area contributed by atoms with Crippen LogP contribution in [0, 0.1) is 0 Å². The van der Waals surface area contributed by atoms with Gasteiger partial charge in [0.2, 0.25) is 15.9 Å². The van der Waals surface area contributed by atoms with Crippen LogP contribution < -0.4 is 10.6 Å². The minimum Gasteiger partial charge on any atom is -0.355 e. The molecule has 2 N–H and O–H groups in total. The van der Waals surface area contributed by atoms with Gasteiger partial charge in [-0.3, -0.25) is 4.79 Å². The van der Waals surface area contributed by atoms with Gasteiger partial charge < -0.3 is 10.6 Å². The number of carbonyl (C=O) groups excluding carboxylic acids is 1. The summed E-state index contributed by atoms with van der Waals surface area (Å²) in [7, 11) is -3.40. The Kier molecular flexibility index (Phi) is 7.98. The van der Waals surface area contributed by atoms with Crippen molar-refractivity contribution < 1.29 is 13.2 Å². The predicted molar refractivity (Wildman–Crippen MR) is 93.1 cm³/mol. The first-order valence-corrected chi connectivity index (χ1v) is 9.32. The molecule has 1 aromatic carbocycles. The van der Waals surface area contributed by atoms with Crippen LogP contribution in [0.25, 0.3) is 0 Å². The molecule has 1 aliphatic heterocycles. The van der Waals surface area contributed by atoms with Crippen molar-refractivity contribution in [2.75, 3.05) is 32.4 Å². The fourth-order valence-corrected chi connectivity index (χ4v) is 3.76. The van der Waals surface area contributed by atoms with Crippen LogP contribution in [0.2, 0.25) is 0 Å². The number of amides is 1. The smallest absolute Gasteiger partial charge is 0.222 e. The van der Waals surface area contributed by atoms with Crippen molar-refractivity contribution in [2.24, 2.45) is 0 Å². The molecule has 0 aromatic heterocycles. The molecule has 0 saturated carbocycles. The average Bonchev–Trinajstić information content (AvgIpc) is 2.51. The van der Waals surface area contributed by atoms with Crippen LogP contribution >= 0.6 is 12.4 Å². The summed E-state index contributed by atoms with van der Waals surface area (Å²) in [6.07, 6.45) is 2.05. The molecular formula is C15H24ClN3O3S. The van der Waals surface area contributed by atoms with E-state index in [1.165, 1.54) is 10.6 Å². The molecule has 0 spiro atoms. The number of rotatable bonds is 2. The third kappa shape index (κ3) is 6.10. The minimum absolute atomic E-state index is 0. The summed E-state index contributed by atoms with van der Waals surface area (Å²) in [4.78, 5) is 12.1. The Hall–Kier alpha value is -1.15. The maximum atomic E-state index is 12.2. The topological polar surface area (TPSA) is 78.5 Å². The summed E-state index contributed by atoms with van der Waals surface area (Å²) in [6, 6.07) is 8.88.